The summed E-state index contributed by atoms with van der Waals surface area (Å²) >= 11 is 0. The van der Waals surface area contributed by atoms with Gasteiger partial charge in [0.25, 0.3) is 0 Å². The lowest BCUT2D eigenvalue weighted by molar-refractivity contribution is -0.0409. The molecule has 1 aromatic heterocycles. The monoisotopic (exact) mass is 273 g/mol. The van der Waals surface area contributed by atoms with Crippen LogP contribution in [0.3, 0.4) is 0 Å². The van der Waals surface area contributed by atoms with Crippen LogP contribution in [-0.4, -0.2) is 29.6 Å². The number of hydrogen-bond donors (Lipinski definition) is 1. The minimum atomic E-state index is -0.794. The first-order valence-corrected chi connectivity index (χ1v) is 7.56. The van der Waals surface area contributed by atoms with E-state index in [4.69, 9.17) is 4.42 Å². The van der Waals surface area contributed by atoms with Crippen LogP contribution in [0.25, 0.3) is 11.0 Å². The standard InChI is InChI=1S/C17H23NO2/c1-3-8-18-9-6-17(19,7-10-18)16-12-14-11-13(2)4-5-15(14)20-16/h4-5,11-12,19H,3,6-10H2,1-2H3. The Morgan fingerprint density at radius 1 is 1.25 bits per heavy atom. The van der Waals surface area contributed by atoms with Gasteiger partial charge in [-0.1, -0.05) is 18.6 Å². The zero-order valence-electron chi connectivity index (χ0n) is 12.4. The van der Waals surface area contributed by atoms with E-state index in [1.165, 1.54) is 12.0 Å². The molecule has 3 heteroatoms. The van der Waals surface area contributed by atoms with Crippen LogP contribution < -0.4 is 0 Å². The molecule has 0 saturated carbocycles. The van der Waals surface area contributed by atoms with E-state index in [2.05, 4.69) is 24.8 Å². The van der Waals surface area contributed by atoms with Gasteiger partial charge in [0.05, 0.1) is 0 Å². The molecule has 0 spiro atoms. The van der Waals surface area contributed by atoms with Gasteiger partial charge >= 0.3 is 0 Å². The van der Waals surface area contributed by atoms with Crippen LogP contribution in [0.1, 0.15) is 37.5 Å². The Kier molecular flexibility index (Phi) is 3.57. The molecule has 1 aromatic carbocycles. The fraction of sp³-hybridized carbons (Fsp3) is 0.529. The van der Waals surface area contributed by atoms with Gasteiger partial charge in [0.2, 0.25) is 0 Å². The largest absolute Gasteiger partial charge is 0.458 e. The highest BCUT2D eigenvalue weighted by Gasteiger charge is 2.36. The number of fused-ring (bicyclic) bond motifs is 1. The second-order valence-electron chi connectivity index (χ2n) is 6.03. The average molecular weight is 273 g/mol. The molecule has 108 valence electrons. The first-order valence-electron chi connectivity index (χ1n) is 7.56. The SMILES string of the molecule is CCCN1CCC(O)(c2cc3cc(C)ccc3o2)CC1. The van der Waals surface area contributed by atoms with Crippen LogP contribution in [0, 0.1) is 6.92 Å². The van der Waals surface area contributed by atoms with Gasteiger partial charge in [0, 0.05) is 18.5 Å². The Balaban J connectivity index is 1.83. The first kappa shape index (κ1) is 13.7. The summed E-state index contributed by atoms with van der Waals surface area (Å²) in [6.45, 7) is 7.28. The molecule has 0 amide bonds. The number of aryl methyl sites for hydroxylation is 1. The van der Waals surface area contributed by atoms with Crippen molar-refractivity contribution in [3.8, 4) is 0 Å². The summed E-state index contributed by atoms with van der Waals surface area (Å²) in [5.74, 6) is 0.731. The lowest BCUT2D eigenvalue weighted by atomic mass is 9.89. The summed E-state index contributed by atoms with van der Waals surface area (Å²) in [5, 5.41) is 12.0. The van der Waals surface area contributed by atoms with Crippen molar-refractivity contribution >= 4 is 11.0 Å². The highest BCUT2D eigenvalue weighted by molar-refractivity contribution is 5.78. The van der Waals surface area contributed by atoms with Gasteiger partial charge in [0.1, 0.15) is 16.9 Å². The van der Waals surface area contributed by atoms with Gasteiger partial charge in [-0.3, -0.25) is 0 Å². The third kappa shape index (κ3) is 2.48. The molecule has 20 heavy (non-hydrogen) atoms. The Morgan fingerprint density at radius 3 is 2.70 bits per heavy atom. The maximum absolute atomic E-state index is 10.9. The molecule has 0 aliphatic carbocycles. The van der Waals surface area contributed by atoms with Gasteiger partial charge in [-0.15, -0.1) is 0 Å². The molecule has 1 aliphatic rings. The Bertz CT molecular complexity index is 594. The molecule has 0 radical (unpaired) electrons. The molecular weight excluding hydrogens is 250 g/mol. The summed E-state index contributed by atoms with van der Waals surface area (Å²) in [6, 6.07) is 8.16. The highest BCUT2D eigenvalue weighted by Crippen LogP contribution is 2.36. The maximum atomic E-state index is 10.9. The van der Waals surface area contributed by atoms with Gasteiger partial charge in [-0.05, 0) is 50.9 Å². The zero-order valence-corrected chi connectivity index (χ0v) is 12.4. The molecule has 0 unspecified atom stereocenters. The van der Waals surface area contributed by atoms with E-state index < -0.39 is 5.60 Å². The van der Waals surface area contributed by atoms with Crippen molar-refractivity contribution in [1.29, 1.82) is 0 Å². The van der Waals surface area contributed by atoms with E-state index in [1.54, 1.807) is 0 Å². The molecule has 3 nitrogen and oxygen atoms in total. The van der Waals surface area contributed by atoms with Crippen molar-refractivity contribution in [2.24, 2.45) is 0 Å². The molecule has 2 heterocycles. The summed E-state index contributed by atoms with van der Waals surface area (Å²) in [4.78, 5) is 2.42. The number of piperidine rings is 1. The number of nitrogens with zero attached hydrogens (tertiary/aromatic N) is 1. The van der Waals surface area contributed by atoms with Gasteiger partial charge in [0.15, 0.2) is 0 Å². The van der Waals surface area contributed by atoms with E-state index >= 15 is 0 Å². The second-order valence-corrected chi connectivity index (χ2v) is 6.03. The molecular formula is C17H23NO2. The smallest absolute Gasteiger partial charge is 0.136 e. The number of benzene rings is 1. The summed E-state index contributed by atoms with van der Waals surface area (Å²) in [5.41, 5.74) is 1.29. The highest BCUT2D eigenvalue weighted by atomic mass is 16.4. The van der Waals surface area contributed by atoms with E-state index in [1.807, 2.05) is 18.2 Å². The molecule has 1 N–H and O–H groups in total. The quantitative estimate of drug-likeness (QED) is 0.930. The van der Waals surface area contributed by atoms with Gasteiger partial charge in [-0.25, -0.2) is 0 Å². The topological polar surface area (TPSA) is 36.6 Å². The molecule has 2 aromatic rings. The van der Waals surface area contributed by atoms with Crippen molar-refractivity contribution in [1.82, 2.24) is 4.90 Å². The third-order valence-electron chi connectivity index (χ3n) is 4.35. The number of furan rings is 1. The predicted molar refractivity (Wildman–Crippen MR) is 80.8 cm³/mol. The molecule has 3 rings (SSSR count). The van der Waals surface area contributed by atoms with Crippen molar-refractivity contribution in [3.63, 3.8) is 0 Å². The summed E-state index contributed by atoms with van der Waals surface area (Å²) in [6.07, 6.45) is 2.68. The average Bonchev–Trinajstić information content (AvgIpc) is 2.85. The summed E-state index contributed by atoms with van der Waals surface area (Å²) in [7, 11) is 0. The minimum absolute atomic E-state index is 0.731. The lowest BCUT2D eigenvalue weighted by Gasteiger charge is -2.36. The number of likely N-dealkylation sites (tertiary alicyclic amines) is 1. The molecule has 1 saturated heterocycles. The van der Waals surface area contributed by atoms with Crippen LogP contribution >= 0.6 is 0 Å². The van der Waals surface area contributed by atoms with Gasteiger partial charge in [-0.2, -0.15) is 0 Å². The van der Waals surface area contributed by atoms with Crippen molar-refractivity contribution in [2.45, 2.75) is 38.7 Å². The summed E-state index contributed by atoms with van der Waals surface area (Å²) < 4.78 is 5.89. The van der Waals surface area contributed by atoms with Crippen LogP contribution in [0.4, 0.5) is 0 Å². The molecule has 0 atom stereocenters. The van der Waals surface area contributed by atoms with E-state index in [9.17, 15) is 5.11 Å². The van der Waals surface area contributed by atoms with Crippen LogP contribution in [0.15, 0.2) is 28.7 Å². The van der Waals surface area contributed by atoms with Crippen LogP contribution in [0.5, 0.6) is 0 Å². The molecule has 1 fully saturated rings. The van der Waals surface area contributed by atoms with Crippen molar-refractivity contribution in [2.75, 3.05) is 19.6 Å². The Labute approximate surface area is 120 Å². The van der Waals surface area contributed by atoms with E-state index in [0.29, 0.717) is 0 Å². The maximum Gasteiger partial charge on any atom is 0.136 e. The Morgan fingerprint density at radius 2 is 2.00 bits per heavy atom. The second kappa shape index (κ2) is 5.23. The lowest BCUT2D eigenvalue weighted by Crippen LogP contribution is -2.42. The minimum Gasteiger partial charge on any atom is -0.458 e. The van der Waals surface area contributed by atoms with E-state index in [0.717, 1.165) is 49.2 Å². The van der Waals surface area contributed by atoms with Crippen molar-refractivity contribution < 1.29 is 9.52 Å². The number of rotatable bonds is 3. The Hall–Kier alpha value is -1.32. The fourth-order valence-electron chi connectivity index (χ4n) is 3.10. The zero-order chi connectivity index (χ0) is 14.2. The number of hydrogen-bond acceptors (Lipinski definition) is 3. The fourth-order valence-corrected chi connectivity index (χ4v) is 3.10. The van der Waals surface area contributed by atoms with Crippen molar-refractivity contribution in [3.05, 3.63) is 35.6 Å². The normalized spacial score (nSPS) is 19.6. The van der Waals surface area contributed by atoms with Crippen LogP contribution in [-0.2, 0) is 5.60 Å². The van der Waals surface area contributed by atoms with E-state index in [-0.39, 0.29) is 0 Å². The predicted octanol–water partition coefficient (Wildman–Crippen LogP) is 3.43. The molecule has 0 bridgehead atoms. The number of aliphatic hydroxyl groups is 1. The van der Waals surface area contributed by atoms with Gasteiger partial charge < -0.3 is 14.4 Å². The molecule has 1 aliphatic heterocycles. The first-order chi connectivity index (χ1) is 9.60. The van der Waals surface area contributed by atoms with Crippen LogP contribution in [0.2, 0.25) is 0 Å². The third-order valence-corrected chi connectivity index (χ3v) is 4.35.